The van der Waals surface area contributed by atoms with Gasteiger partial charge in [0.25, 0.3) is 0 Å². The van der Waals surface area contributed by atoms with E-state index in [0.29, 0.717) is 10.0 Å². The van der Waals surface area contributed by atoms with Crippen molar-refractivity contribution < 1.29 is 4.79 Å². The fourth-order valence-corrected chi connectivity index (χ4v) is 3.37. The molecular formula is C18H15Cl2N3OS. The predicted octanol–water partition coefficient (Wildman–Crippen LogP) is 5.29. The molecule has 0 aliphatic carbocycles. The average Bonchev–Trinajstić information content (AvgIpc) is 2.91. The summed E-state index contributed by atoms with van der Waals surface area (Å²) < 4.78 is 1.58. The Kier molecular flexibility index (Phi) is 5.68. The second-order valence-electron chi connectivity index (χ2n) is 5.34. The normalized spacial score (nSPS) is 10.7. The number of nitrogens with one attached hydrogen (secondary N) is 1. The van der Waals surface area contributed by atoms with Gasteiger partial charge in [-0.2, -0.15) is 5.10 Å². The number of nitrogens with zero attached hydrogens (tertiary/aromatic N) is 2. The zero-order valence-corrected chi connectivity index (χ0v) is 15.7. The number of hydrogen-bond acceptors (Lipinski definition) is 3. The third-order valence-corrected chi connectivity index (χ3v) is 5.25. The number of anilines is 1. The number of rotatable bonds is 5. The highest BCUT2D eigenvalue weighted by molar-refractivity contribution is 7.99. The van der Waals surface area contributed by atoms with Crippen LogP contribution in [0.15, 0.2) is 64.5 Å². The lowest BCUT2D eigenvalue weighted by atomic mass is 10.3. The van der Waals surface area contributed by atoms with E-state index in [1.165, 1.54) is 6.20 Å². The highest BCUT2D eigenvalue weighted by Crippen LogP contribution is 2.33. The lowest BCUT2D eigenvalue weighted by Crippen LogP contribution is -2.20. The van der Waals surface area contributed by atoms with Crippen LogP contribution in [0.4, 0.5) is 5.69 Å². The van der Waals surface area contributed by atoms with Crippen LogP contribution < -0.4 is 5.32 Å². The molecule has 0 saturated carbocycles. The first-order valence-corrected chi connectivity index (χ1v) is 9.10. The summed E-state index contributed by atoms with van der Waals surface area (Å²) >= 11 is 13.5. The number of aromatic nitrogens is 2. The number of hydrogen-bond donors (Lipinski definition) is 1. The Morgan fingerprint density at radius 3 is 2.56 bits per heavy atom. The second-order valence-corrected chi connectivity index (χ2v) is 7.29. The van der Waals surface area contributed by atoms with Crippen LogP contribution in [0.1, 0.15) is 5.69 Å². The Morgan fingerprint density at radius 2 is 1.88 bits per heavy atom. The number of benzene rings is 2. The monoisotopic (exact) mass is 391 g/mol. The summed E-state index contributed by atoms with van der Waals surface area (Å²) in [5, 5.41) is 8.28. The van der Waals surface area contributed by atoms with Crippen LogP contribution in [0.3, 0.4) is 0 Å². The molecule has 1 amide bonds. The van der Waals surface area contributed by atoms with E-state index in [4.69, 9.17) is 23.2 Å². The molecule has 0 fully saturated rings. The lowest BCUT2D eigenvalue weighted by Gasteiger charge is -2.11. The first-order valence-electron chi connectivity index (χ1n) is 7.53. The first-order chi connectivity index (χ1) is 12.0. The number of halogens is 2. The van der Waals surface area contributed by atoms with Crippen molar-refractivity contribution in [3.8, 4) is 0 Å². The van der Waals surface area contributed by atoms with Gasteiger partial charge >= 0.3 is 0 Å². The van der Waals surface area contributed by atoms with Crippen molar-refractivity contribution in [1.29, 1.82) is 0 Å². The first kappa shape index (κ1) is 17.9. The van der Waals surface area contributed by atoms with E-state index in [1.54, 1.807) is 16.4 Å². The minimum Gasteiger partial charge on any atom is -0.323 e. The maximum Gasteiger partial charge on any atom is 0.246 e. The van der Waals surface area contributed by atoms with Crippen molar-refractivity contribution in [3.63, 3.8) is 0 Å². The Balaban J connectivity index is 1.73. The molecule has 3 rings (SSSR count). The van der Waals surface area contributed by atoms with Gasteiger partial charge < -0.3 is 5.32 Å². The van der Waals surface area contributed by atoms with Crippen LogP contribution in [0, 0.1) is 6.92 Å². The number of carbonyl (C=O) groups excluding carboxylic acids is 1. The van der Waals surface area contributed by atoms with E-state index >= 15 is 0 Å². The van der Waals surface area contributed by atoms with Crippen molar-refractivity contribution in [1.82, 2.24) is 9.78 Å². The maximum absolute atomic E-state index is 12.4. The van der Waals surface area contributed by atoms with Crippen LogP contribution in [0.5, 0.6) is 0 Å². The SMILES string of the molecule is Cc1c(Cl)cnn1CC(=O)Nc1ccccc1Sc1ccc(Cl)cc1. The van der Waals surface area contributed by atoms with Gasteiger partial charge in [0.2, 0.25) is 5.91 Å². The zero-order valence-electron chi connectivity index (χ0n) is 13.4. The van der Waals surface area contributed by atoms with Gasteiger partial charge in [0.1, 0.15) is 6.54 Å². The van der Waals surface area contributed by atoms with Gasteiger partial charge in [0, 0.05) is 14.8 Å². The largest absolute Gasteiger partial charge is 0.323 e. The van der Waals surface area contributed by atoms with Crippen LogP contribution in [-0.2, 0) is 11.3 Å². The summed E-state index contributed by atoms with van der Waals surface area (Å²) in [4.78, 5) is 14.3. The maximum atomic E-state index is 12.4. The quantitative estimate of drug-likeness (QED) is 0.642. The van der Waals surface area contributed by atoms with E-state index in [0.717, 1.165) is 21.2 Å². The molecule has 0 spiro atoms. The molecule has 128 valence electrons. The fourth-order valence-electron chi connectivity index (χ4n) is 2.20. The smallest absolute Gasteiger partial charge is 0.246 e. The molecule has 3 aromatic rings. The van der Waals surface area contributed by atoms with E-state index in [1.807, 2.05) is 55.5 Å². The fraction of sp³-hybridized carbons (Fsp3) is 0.111. The summed E-state index contributed by atoms with van der Waals surface area (Å²) in [6, 6.07) is 15.2. The predicted molar refractivity (Wildman–Crippen MR) is 103 cm³/mol. The Bertz CT molecular complexity index is 894. The topological polar surface area (TPSA) is 46.9 Å². The Hall–Kier alpha value is -1.95. The number of para-hydroxylation sites is 1. The summed E-state index contributed by atoms with van der Waals surface area (Å²) in [5.74, 6) is -0.160. The third kappa shape index (κ3) is 4.57. The van der Waals surface area contributed by atoms with Crippen LogP contribution in [0.2, 0.25) is 10.0 Å². The van der Waals surface area contributed by atoms with Crippen molar-refractivity contribution in [2.45, 2.75) is 23.3 Å². The molecule has 0 radical (unpaired) electrons. The molecule has 1 N–H and O–H groups in total. The molecule has 0 aliphatic heterocycles. The van der Waals surface area contributed by atoms with Crippen molar-refractivity contribution >= 4 is 46.6 Å². The third-order valence-electron chi connectivity index (χ3n) is 3.54. The van der Waals surface area contributed by atoms with Crippen LogP contribution in [0.25, 0.3) is 0 Å². The Labute approximate surface area is 160 Å². The summed E-state index contributed by atoms with van der Waals surface area (Å²) in [5.41, 5.74) is 1.52. The van der Waals surface area contributed by atoms with Crippen LogP contribution >= 0.6 is 35.0 Å². The summed E-state index contributed by atoms with van der Waals surface area (Å²) in [6.45, 7) is 1.94. The van der Waals surface area contributed by atoms with Crippen molar-refractivity contribution in [2.24, 2.45) is 0 Å². The van der Waals surface area contributed by atoms with E-state index < -0.39 is 0 Å². The van der Waals surface area contributed by atoms with Gasteiger partial charge in [-0.05, 0) is 43.3 Å². The minimum atomic E-state index is -0.160. The van der Waals surface area contributed by atoms with E-state index in [-0.39, 0.29) is 12.5 Å². The van der Waals surface area contributed by atoms with Gasteiger partial charge in [-0.15, -0.1) is 0 Å². The van der Waals surface area contributed by atoms with E-state index in [9.17, 15) is 4.79 Å². The molecule has 4 nitrogen and oxygen atoms in total. The molecule has 1 aromatic heterocycles. The van der Waals surface area contributed by atoms with Gasteiger partial charge in [0.15, 0.2) is 0 Å². The highest BCUT2D eigenvalue weighted by Gasteiger charge is 2.11. The molecule has 0 bridgehead atoms. The minimum absolute atomic E-state index is 0.110. The van der Waals surface area contributed by atoms with Crippen molar-refractivity contribution in [2.75, 3.05) is 5.32 Å². The summed E-state index contributed by atoms with van der Waals surface area (Å²) in [6.07, 6.45) is 1.54. The van der Waals surface area contributed by atoms with Gasteiger partial charge in [-0.3, -0.25) is 9.48 Å². The highest BCUT2D eigenvalue weighted by atomic mass is 35.5. The molecular weight excluding hydrogens is 377 g/mol. The number of carbonyl (C=O) groups is 1. The van der Waals surface area contributed by atoms with Gasteiger partial charge in [0.05, 0.1) is 22.6 Å². The van der Waals surface area contributed by atoms with Crippen LogP contribution in [-0.4, -0.2) is 15.7 Å². The summed E-state index contributed by atoms with van der Waals surface area (Å²) in [7, 11) is 0. The molecule has 2 aromatic carbocycles. The molecule has 0 saturated heterocycles. The van der Waals surface area contributed by atoms with E-state index in [2.05, 4.69) is 10.4 Å². The van der Waals surface area contributed by atoms with Gasteiger partial charge in [-0.25, -0.2) is 0 Å². The molecule has 7 heteroatoms. The molecule has 0 unspecified atom stereocenters. The van der Waals surface area contributed by atoms with Gasteiger partial charge in [-0.1, -0.05) is 47.1 Å². The molecule has 1 heterocycles. The average molecular weight is 392 g/mol. The molecule has 25 heavy (non-hydrogen) atoms. The van der Waals surface area contributed by atoms with Crippen molar-refractivity contribution in [3.05, 3.63) is 70.5 Å². The Morgan fingerprint density at radius 1 is 1.16 bits per heavy atom. The second kappa shape index (κ2) is 7.95. The zero-order chi connectivity index (χ0) is 17.8. The molecule has 0 aliphatic rings. The lowest BCUT2D eigenvalue weighted by molar-refractivity contribution is -0.116. The standard InChI is InChI=1S/C18H15Cl2N3OS/c1-12-15(20)10-21-23(12)11-18(24)22-16-4-2-3-5-17(16)25-14-8-6-13(19)7-9-14/h2-10H,11H2,1H3,(H,22,24). The molecule has 0 atom stereocenters. The number of amides is 1.